The molecule has 0 saturated carbocycles. The normalized spacial score (nSPS) is 11.0. The van der Waals surface area contributed by atoms with Crippen LogP contribution in [0.2, 0.25) is 0 Å². The van der Waals surface area contributed by atoms with E-state index in [1.165, 1.54) is 36.0 Å². The van der Waals surface area contributed by atoms with Crippen molar-refractivity contribution in [1.29, 1.82) is 0 Å². The zero-order valence-electron chi connectivity index (χ0n) is 14.4. The van der Waals surface area contributed by atoms with Gasteiger partial charge in [0.1, 0.15) is 5.75 Å². The van der Waals surface area contributed by atoms with Crippen molar-refractivity contribution < 1.29 is 4.74 Å². The maximum atomic E-state index is 5.69. The summed E-state index contributed by atoms with van der Waals surface area (Å²) in [7, 11) is 0. The van der Waals surface area contributed by atoms with Gasteiger partial charge in [-0.1, -0.05) is 75.2 Å². The molecule has 0 saturated heterocycles. The van der Waals surface area contributed by atoms with Gasteiger partial charge in [-0.05, 0) is 48.1 Å². The quantitative estimate of drug-likeness (QED) is 0.386. The second kappa shape index (κ2) is 9.89. The highest BCUT2D eigenvalue weighted by atomic mass is 16.5. The predicted molar refractivity (Wildman–Crippen MR) is 101 cm³/mol. The Balaban J connectivity index is 1.89. The SMILES string of the molecule is CCCCOc1ccc(/C=C/c2ccc(CCCC)cc2)cc1. The van der Waals surface area contributed by atoms with Crippen LogP contribution in [-0.4, -0.2) is 6.61 Å². The molecule has 0 aliphatic rings. The summed E-state index contributed by atoms with van der Waals surface area (Å²) in [4.78, 5) is 0. The average Bonchev–Trinajstić information content (AvgIpc) is 2.60. The highest BCUT2D eigenvalue weighted by Gasteiger charge is 1.95. The lowest BCUT2D eigenvalue weighted by Gasteiger charge is -2.05. The van der Waals surface area contributed by atoms with Crippen LogP contribution in [0.4, 0.5) is 0 Å². The van der Waals surface area contributed by atoms with E-state index in [1.54, 1.807) is 0 Å². The Bertz CT molecular complexity index is 578. The van der Waals surface area contributed by atoms with E-state index in [0.29, 0.717) is 0 Å². The summed E-state index contributed by atoms with van der Waals surface area (Å²) in [5.41, 5.74) is 3.87. The minimum Gasteiger partial charge on any atom is -0.494 e. The first-order valence-electron chi connectivity index (χ1n) is 8.81. The van der Waals surface area contributed by atoms with Gasteiger partial charge >= 0.3 is 0 Å². The Labute approximate surface area is 141 Å². The van der Waals surface area contributed by atoms with Crippen LogP contribution >= 0.6 is 0 Å². The summed E-state index contributed by atoms with van der Waals surface area (Å²) in [6.45, 7) is 5.21. The number of unbranched alkanes of at least 4 members (excludes halogenated alkanes) is 2. The highest BCUT2D eigenvalue weighted by Crippen LogP contribution is 2.15. The van der Waals surface area contributed by atoms with Crippen molar-refractivity contribution in [3.05, 3.63) is 65.2 Å². The van der Waals surface area contributed by atoms with Crippen LogP contribution in [0.5, 0.6) is 5.75 Å². The van der Waals surface area contributed by atoms with E-state index in [2.05, 4.69) is 62.4 Å². The molecule has 0 fully saturated rings. The van der Waals surface area contributed by atoms with Crippen molar-refractivity contribution in [3.63, 3.8) is 0 Å². The lowest BCUT2D eigenvalue weighted by atomic mass is 10.1. The van der Waals surface area contributed by atoms with Gasteiger partial charge in [-0.2, -0.15) is 0 Å². The molecule has 122 valence electrons. The van der Waals surface area contributed by atoms with Gasteiger partial charge in [0.15, 0.2) is 0 Å². The standard InChI is InChI=1S/C22H28O/c1-3-5-7-19-8-10-20(11-9-19)12-13-21-14-16-22(17-15-21)23-18-6-4-2/h8-17H,3-7,18H2,1-2H3/b13-12+. The van der Waals surface area contributed by atoms with Crippen molar-refractivity contribution in [1.82, 2.24) is 0 Å². The van der Waals surface area contributed by atoms with Crippen molar-refractivity contribution >= 4 is 12.2 Å². The molecule has 2 aromatic carbocycles. The molecular formula is C22H28O. The molecule has 23 heavy (non-hydrogen) atoms. The molecule has 2 rings (SSSR count). The molecule has 0 aliphatic heterocycles. The molecule has 0 unspecified atom stereocenters. The van der Waals surface area contributed by atoms with E-state index in [0.717, 1.165) is 25.2 Å². The fourth-order valence-corrected chi connectivity index (χ4v) is 2.38. The monoisotopic (exact) mass is 308 g/mol. The molecule has 1 nitrogen and oxygen atoms in total. The summed E-state index contributed by atoms with van der Waals surface area (Å²) >= 11 is 0. The summed E-state index contributed by atoms with van der Waals surface area (Å²) in [5, 5.41) is 0. The van der Waals surface area contributed by atoms with Gasteiger partial charge in [-0.25, -0.2) is 0 Å². The van der Waals surface area contributed by atoms with E-state index >= 15 is 0 Å². The van der Waals surface area contributed by atoms with E-state index in [9.17, 15) is 0 Å². The molecule has 0 atom stereocenters. The average molecular weight is 308 g/mol. The fourth-order valence-electron chi connectivity index (χ4n) is 2.38. The molecule has 0 radical (unpaired) electrons. The van der Waals surface area contributed by atoms with Crippen LogP contribution in [0.25, 0.3) is 12.2 Å². The Morgan fingerprint density at radius 1 is 0.739 bits per heavy atom. The van der Waals surface area contributed by atoms with Gasteiger partial charge in [-0.3, -0.25) is 0 Å². The molecule has 0 bridgehead atoms. The Hall–Kier alpha value is -2.02. The lowest BCUT2D eigenvalue weighted by molar-refractivity contribution is 0.309. The van der Waals surface area contributed by atoms with Crippen molar-refractivity contribution in [3.8, 4) is 5.75 Å². The van der Waals surface area contributed by atoms with Crippen LogP contribution in [-0.2, 0) is 6.42 Å². The zero-order chi connectivity index (χ0) is 16.3. The van der Waals surface area contributed by atoms with Gasteiger partial charge in [0.05, 0.1) is 6.61 Å². The number of hydrogen-bond donors (Lipinski definition) is 0. The molecule has 0 aliphatic carbocycles. The van der Waals surface area contributed by atoms with Gasteiger partial charge in [0.2, 0.25) is 0 Å². The van der Waals surface area contributed by atoms with Crippen LogP contribution in [0, 0.1) is 0 Å². The third kappa shape index (κ3) is 6.32. The maximum Gasteiger partial charge on any atom is 0.119 e. The third-order valence-electron chi connectivity index (χ3n) is 3.91. The smallest absolute Gasteiger partial charge is 0.119 e. The second-order valence-corrected chi connectivity index (χ2v) is 5.95. The molecule has 1 heteroatoms. The van der Waals surface area contributed by atoms with Crippen molar-refractivity contribution in [2.45, 2.75) is 46.0 Å². The summed E-state index contributed by atoms with van der Waals surface area (Å²) in [6, 6.07) is 17.2. The topological polar surface area (TPSA) is 9.23 Å². The first-order chi connectivity index (χ1) is 11.3. The predicted octanol–water partition coefficient (Wildman–Crippen LogP) is 6.38. The highest BCUT2D eigenvalue weighted by molar-refractivity contribution is 5.69. The second-order valence-electron chi connectivity index (χ2n) is 5.95. The molecule has 0 aromatic heterocycles. The maximum absolute atomic E-state index is 5.69. The number of aryl methyl sites for hydroxylation is 1. The van der Waals surface area contributed by atoms with Gasteiger partial charge < -0.3 is 4.74 Å². The lowest BCUT2D eigenvalue weighted by Crippen LogP contribution is -1.95. The van der Waals surface area contributed by atoms with Crippen LogP contribution in [0.15, 0.2) is 48.5 Å². The minimum absolute atomic E-state index is 0.802. The number of benzene rings is 2. The molecule has 0 spiro atoms. The van der Waals surface area contributed by atoms with Crippen molar-refractivity contribution in [2.75, 3.05) is 6.61 Å². The van der Waals surface area contributed by atoms with Gasteiger partial charge in [0.25, 0.3) is 0 Å². The summed E-state index contributed by atoms with van der Waals surface area (Å²) < 4.78 is 5.69. The Kier molecular flexibility index (Phi) is 7.45. The molecule has 0 N–H and O–H groups in total. The van der Waals surface area contributed by atoms with Crippen LogP contribution < -0.4 is 4.74 Å². The number of ether oxygens (including phenoxy) is 1. The Morgan fingerprint density at radius 3 is 1.87 bits per heavy atom. The Morgan fingerprint density at radius 2 is 1.30 bits per heavy atom. The van der Waals surface area contributed by atoms with E-state index in [-0.39, 0.29) is 0 Å². The van der Waals surface area contributed by atoms with Crippen LogP contribution in [0.1, 0.15) is 56.2 Å². The van der Waals surface area contributed by atoms with E-state index < -0.39 is 0 Å². The fraction of sp³-hybridized carbons (Fsp3) is 0.364. The van der Waals surface area contributed by atoms with E-state index in [4.69, 9.17) is 4.74 Å². The first-order valence-corrected chi connectivity index (χ1v) is 8.81. The molecule has 0 heterocycles. The summed E-state index contributed by atoms with van der Waals surface area (Å²) in [6.07, 6.45) is 10.3. The largest absolute Gasteiger partial charge is 0.494 e. The van der Waals surface area contributed by atoms with Crippen LogP contribution in [0.3, 0.4) is 0 Å². The number of rotatable bonds is 9. The minimum atomic E-state index is 0.802. The van der Waals surface area contributed by atoms with Gasteiger partial charge in [0, 0.05) is 0 Å². The third-order valence-corrected chi connectivity index (χ3v) is 3.91. The number of hydrogen-bond acceptors (Lipinski definition) is 1. The zero-order valence-corrected chi connectivity index (χ0v) is 14.4. The molecule has 2 aromatic rings. The first kappa shape index (κ1) is 17.3. The van der Waals surface area contributed by atoms with Gasteiger partial charge in [-0.15, -0.1) is 0 Å². The molecular weight excluding hydrogens is 280 g/mol. The van der Waals surface area contributed by atoms with E-state index in [1.807, 2.05) is 12.1 Å². The summed E-state index contributed by atoms with van der Waals surface area (Å²) in [5.74, 6) is 0.955. The van der Waals surface area contributed by atoms with Crippen molar-refractivity contribution in [2.24, 2.45) is 0 Å². The molecule has 0 amide bonds.